The normalized spacial score (nSPS) is 15.8. The van der Waals surface area contributed by atoms with E-state index in [0.717, 1.165) is 22.4 Å². The highest BCUT2D eigenvalue weighted by Gasteiger charge is 2.32. The van der Waals surface area contributed by atoms with E-state index >= 15 is 0 Å². The van der Waals surface area contributed by atoms with Gasteiger partial charge in [-0.25, -0.2) is 9.38 Å². The number of benzene rings is 3. The first-order valence-corrected chi connectivity index (χ1v) is 12.3. The first-order chi connectivity index (χ1) is 17.0. The maximum atomic E-state index is 13.1. The van der Waals surface area contributed by atoms with Crippen LogP contribution < -0.4 is 9.47 Å². The molecule has 0 aromatic heterocycles. The molecule has 7 heteroatoms. The molecule has 0 saturated carbocycles. The predicted octanol–water partition coefficient (Wildman–Crippen LogP) is 6.74. The number of thioether (sulfide) groups is 1. The fourth-order valence-electron chi connectivity index (χ4n) is 3.50. The molecule has 1 fully saturated rings. The first kappa shape index (κ1) is 24.5. The molecule has 0 atom stereocenters. The van der Waals surface area contributed by atoms with Crippen molar-refractivity contribution in [2.24, 2.45) is 4.99 Å². The summed E-state index contributed by atoms with van der Waals surface area (Å²) in [5.41, 5.74) is 3.65. The van der Waals surface area contributed by atoms with Crippen LogP contribution in [-0.4, -0.2) is 29.1 Å². The quantitative estimate of drug-likeness (QED) is 0.328. The Morgan fingerprint density at radius 3 is 2.40 bits per heavy atom. The van der Waals surface area contributed by atoms with Crippen molar-refractivity contribution in [3.05, 3.63) is 94.1 Å². The predicted molar refractivity (Wildman–Crippen MR) is 140 cm³/mol. The van der Waals surface area contributed by atoms with E-state index in [1.54, 1.807) is 17.0 Å². The van der Waals surface area contributed by atoms with Gasteiger partial charge in [-0.15, -0.1) is 0 Å². The van der Waals surface area contributed by atoms with E-state index in [2.05, 4.69) is 4.99 Å². The van der Waals surface area contributed by atoms with E-state index in [0.29, 0.717) is 41.3 Å². The number of aliphatic imine (C=N–C) groups is 1. The Kier molecular flexibility index (Phi) is 7.87. The van der Waals surface area contributed by atoms with Gasteiger partial charge in [-0.2, -0.15) is 0 Å². The molecule has 1 aliphatic heterocycles. The summed E-state index contributed by atoms with van der Waals surface area (Å²) in [7, 11) is 0. The van der Waals surface area contributed by atoms with Gasteiger partial charge in [-0.1, -0.05) is 35.9 Å². The SMILES string of the molecule is CCOc1cc(/C=C2/SC(=Nc3ccc(C)cc3)N(CC)C2=O)ccc1OCc1ccc(F)cc1. The molecular weight excluding hydrogens is 463 g/mol. The number of carbonyl (C=O) groups is 1. The largest absolute Gasteiger partial charge is 0.490 e. The van der Waals surface area contributed by atoms with Gasteiger partial charge < -0.3 is 9.47 Å². The highest BCUT2D eigenvalue weighted by Crippen LogP contribution is 2.36. The Morgan fingerprint density at radius 1 is 0.971 bits per heavy atom. The average molecular weight is 491 g/mol. The lowest BCUT2D eigenvalue weighted by atomic mass is 10.1. The number of amidine groups is 1. The second kappa shape index (κ2) is 11.2. The number of amides is 1. The maximum absolute atomic E-state index is 13.1. The minimum atomic E-state index is -0.283. The van der Waals surface area contributed by atoms with Crippen LogP contribution >= 0.6 is 11.8 Å². The van der Waals surface area contributed by atoms with E-state index in [1.165, 1.54) is 23.9 Å². The van der Waals surface area contributed by atoms with E-state index in [1.807, 2.05) is 69.3 Å². The average Bonchev–Trinajstić information content (AvgIpc) is 3.14. The van der Waals surface area contributed by atoms with Crippen molar-refractivity contribution in [1.82, 2.24) is 4.90 Å². The summed E-state index contributed by atoms with van der Waals surface area (Å²) in [4.78, 5) is 20.0. The Labute approximate surface area is 209 Å². The van der Waals surface area contributed by atoms with Crippen LogP contribution in [0.3, 0.4) is 0 Å². The van der Waals surface area contributed by atoms with Crippen molar-refractivity contribution in [1.29, 1.82) is 0 Å². The summed E-state index contributed by atoms with van der Waals surface area (Å²) >= 11 is 1.36. The van der Waals surface area contributed by atoms with Crippen LogP contribution in [0, 0.1) is 12.7 Å². The van der Waals surface area contributed by atoms with Gasteiger partial charge in [-0.05, 0) is 86.1 Å². The molecule has 1 heterocycles. The number of aryl methyl sites for hydroxylation is 1. The standard InChI is InChI=1S/C28H27FN2O3S/c1-4-31-27(32)26(35-28(31)30-23-13-6-19(3)7-14-23)17-21-10-15-24(25(16-21)33-5-2)34-18-20-8-11-22(29)12-9-20/h6-17H,4-5,18H2,1-3H3/b26-17+,30-28?. The summed E-state index contributed by atoms with van der Waals surface area (Å²) in [6, 6.07) is 19.6. The van der Waals surface area contributed by atoms with Gasteiger partial charge in [0.15, 0.2) is 16.7 Å². The Hall–Kier alpha value is -3.58. The molecule has 1 saturated heterocycles. The van der Waals surface area contributed by atoms with E-state index < -0.39 is 0 Å². The molecule has 3 aromatic rings. The monoisotopic (exact) mass is 490 g/mol. The molecule has 1 amide bonds. The molecule has 0 unspecified atom stereocenters. The van der Waals surface area contributed by atoms with Crippen LogP contribution in [0.2, 0.25) is 0 Å². The summed E-state index contributed by atoms with van der Waals surface area (Å²) < 4.78 is 24.9. The zero-order chi connectivity index (χ0) is 24.8. The van der Waals surface area contributed by atoms with E-state index in [9.17, 15) is 9.18 Å². The van der Waals surface area contributed by atoms with Crippen LogP contribution in [-0.2, 0) is 11.4 Å². The van der Waals surface area contributed by atoms with Gasteiger partial charge in [0.25, 0.3) is 5.91 Å². The molecule has 35 heavy (non-hydrogen) atoms. The number of hydrogen-bond acceptors (Lipinski definition) is 5. The molecule has 4 rings (SSSR count). The summed E-state index contributed by atoms with van der Waals surface area (Å²) in [5, 5.41) is 0.664. The van der Waals surface area contributed by atoms with Crippen molar-refractivity contribution in [3.8, 4) is 11.5 Å². The highest BCUT2D eigenvalue weighted by molar-refractivity contribution is 8.18. The maximum Gasteiger partial charge on any atom is 0.266 e. The van der Waals surface area contributed by atoms with E-state index in [-0.39, 0.29) is 11.7 Å². The molecule has 0 aliphatic carbocycles. The Morgan fingerprint density at radius 2 is 1.71 bits per heavy atom. The van der Waals surface area contributed by atoms with Gasteiger partial charge in [0, 0.05) is 6.54 Å². The minimum absolute atomic E-state index is 0.0713. The number of carbonyl (C=O) groups excluding carboxylic acids is 1. The van der Waals surface area contributed by atoms with Crippen LogP contribution in [0.5, 0.6) is 11.5 Å². The van der Waals surface area contributed by atoms with Gasteiger partial charge in [0.2, 0.25) is 0 Å². The molecule has 3 aromatic carbocycles. The third-order valence-electron chi connectivity index (χ3n) is 5.34. The number of halogens is 1. The van der Waals surface area contributed by atoms with Crippen LogP contribution in [0.15, 0.2) is 76.6 Å². The van der Waals surface area contributed by atoms with E-state index in [4.69, 9.17) is 9.47 Å². The summed E-state index contributed by atoms with van der Waals surface area (Å²) in [5.74, 6) is 0.813. The van der Waals surface area contributed by atoms with Crippen molar-refractivity contribution in [2.45, 2.75) is 27.4 Å². The first-order valence-electron chi connectivity index (χ1n) is 11.5. The number of likely N-dealkylation sites (N-methyl/N-ethyl adjacent to an activating group) is 1. The number of hydrogen-bond donors (Lipinski definition) is 0. The molecule has 0 radical (unpaired) electrons. The second-order valence-electron chi connectivity index (χ2n) is 7.94. The molecule has 0 N–H and O–H groups in total. The summed E-state index contributed by atoms with van der Waals surface area (Å²) in [6.45, 7) is 7.16. The van der Waals surface area contributed by atoms with Crippen LogP contribution in [0.4, 0.5) is 10.1 Å². The number of nitrogens with zero attached hydrogens (tertiary/aromatic N) is 2. The lowest BCUT2D eigenvalue weighted by molar-refractivity contribution is -0.122. The molecule has 5 nitrogen and oxygen atoms in total. The van der Waals surface area contributed by atoms with Gasteiger partial charge in [0.1, 0.15) is 12.4 Å². The smallest absolute Gasteiger partial charge is 0.266 e. The molecule has 0 bridgehead atoms. The van der Waals surface area contributed by atoms with Crippen molar-refractivity contribution >= 4 is 34.6 Å². The van der Waals surface area contributed by atoms with Gasteiger partial charge in [-0.3, -0.25) is 9.69 Å². The zero-order valence-electron chi connectivity index (χ0n) is 20.0. The Bertz CT molecular complexity index is 1250. The highest BCUT2D eigenvalue weighted by atomic mass is 32.2. The number of rotatable bonds is 8. The minimum Gasteiger partial charge on any atom is -0.490 e. The second-order valence-corrected chi connectivity index (χ2v) is 8.95. The fraction of sp³-hybridized carbons (Fsp3) is 0.214. The third-order valence-corrected chi connectivity index (χ3v) is 6.34. The topological polar surface area (TPSA) is 51.1 Å². The van der Waals surface area contributed by atoms with Crippen molar-refractivity contribution in [3.63, 3.8) is 0 Å². The molecule has 180 valence electrons. The lowest BCUT2D eigenvalue weighted by Gasteiger charge is -2.13. The molecular formula is C28H27FN2O3S. The molecule has 1 aliphatic rings. The number of ether oxygens (including phenoxy) is 2. The molecule has 0 spiro atoms. The lowest BCUT2D eigenvalue weighted by Crippen LogP contribution is -2.28. The Balaban J connectivity index is 1.55. The van der Waals surface area contributed by atoms with Crippen LogP contribution in [0.25, 0.3) is 6.08 Å². The fourth-order valence-corrected chi connectivity index (χ4v) is 4.56. The third kappa shape index (κ3) is 6.11. The zero-order valence-corrected chi connectivity index (χ0v) is 20.8. The summed E-state index contributed by atoms with van der Waals surface area (Å²) in [6.07, 6.45) is 1.85. The van der Waals surface area contributed by atoms with Gasteiger partial charge in [0.05, 0.1) is 17.2 Å². The van der Waals surface area contributed by atoms with Crippen molar-refractivity contribution < 1.29 is 18.7 Å². The van der Waals surface area contributed by atoms with Crippen LogP contribution in [0.1, 0.15) is 30.5 Å². The van der Waals surface area contributed by atoms with Gasteiger partial charge >= 0.3 is 0 Å². The van der Waals surface area contributed by atoms with Crippen molar-refractivity contribution in [2.75, 3.05) is 13.2 Å².